The van der Waals surface area contributed by atoms with Crippen molar-refractivity contribution < 1.29 is 0 Å². The first-order valence-electron chi connectivity index (χ1n) is 6.59. The van der Waals surface area contributed by atoms with Crippen molar-refractivity contribution in [2.24, 2.45) is 0 Å². The number of nitrogens with one attached hydrogen (secondary N) is 3. The van der Waals surface area contributed by atoms with Crippen LogP contribution in [0, 0.1) is 0 Å². The normalized spacial score (nSPS) is 13.6. The molecule has 0 aliphatic carbocycles. The zero-order chi connectivity index (χ0) is 13.4. The third kappa shape index (κ3) is 1.90. The molecule has 3 heterocycles. The Hall–Kier alpha value is -2.47. The first-order chi connectivity index (χ1) is 9.90. The number of rotatable bonds is 3. The Labute approximate surface area is 115 Å². The summed E-state index contributed by atoms with van der Waals surface area (Å²) < 4.78 is 0. The van der Waals surface area contributed by atoms with Crippen molar-refractivity contribution in [2.75, 3.05) is 5.32 Å². The fraction of sp³-hybridized carbons (Fsp3) is 0.214. The van der Waals surface area contributed by atoms with Gasteiger partial charge in [-0.3, -0.25) is 0 Å². The number of hydrogen-bond donors (Lipinski definition) is 3. The summed E-state index contributed by atoms with van der Waals surface area (Å²) in [6.45, 7) is 2.67. The number of H-pyrrole nitrogens is 1. The molecular formula is C14H14N6. The van der Waals surface area contributed by atoms with Gasteiger partial charge in [-0.1, -0.05) is 18.2 Å². The maximum atomic E-state index is 4.26. The molecule has 100 valence electrons. The van der Waals surface area contributed by atoms with Crippen molar-refractivity contribution in [1.29, 1.82) is 0 Å². The first kappa shape index (κ1) is 11.4. The standard InChI is InChI=1S/C14H14N6/c1-2-10-5-15-6-11(10)3-9(1)4-16-13-12-14(18-7-17-12)20-8-19-13/h1-3,7-8,15H,4-6H2,(H2,16,17,18,19,20). The molecule has 3 N–H and O–H groups in total. The van der Waals surface area contributed by atoms with Gasteiger partial charge in [-0.25, -0.2) is 15.0 Å². The highest BCUT2D eigenvalue weighted by molar-refractivity contribution is 5.81. The molecule has 0 saturated carbocycles. The lowest BCUT2D eigenvalue weighted by molar-refractivity contribution is 0.764. The Bertz CT molecular complexity index is 763. The topological polar surface area (TPSA) is 78.5 Å². The van der Waals surface area contributed by atoms with Gasteiger partial charge in [0.1, 0.15) is 11.8 Å². The number of aromatic amines is 1. The summed E-state index contributed by atoms with van der Waals surface area (Å²) in [6.07, 6.45) is 3.16. The molecule has 1 aliphatic rings. The van der Waals surface area contributed by atoms with Crippen molar-refractivity contribution >= 4 is 17.0 Å². The number of hydrogen-bond acceptors (Lipinski definition) is 5. The molecule has 0 unspecified atom stereocenters. The van der Waals surface area contributed by atoms with Crippen LogP contribution >= 0.6 is 0 Å². The summed E-state index contributed by atoms with van der Waals surface area (Å²) in [5, 5.41) is 6.69. The van der Waals surface area contributed by atoms with Crippen LogP contribution in [0.15, 0.2) is 30.9 Å². The SMILES string of the molecule is c1nc(NCc2ccc3c(c2)CNC3)c2[nH]cnc2n1. The summed E-state index contributed by atoms with van der Waals surface area (Å²) in [5.41, 5.74) is 5.56. The fourth-order valence-electron chi connectivity index (χ4n) is 2.54. The van der Waals surface area contributed by atoms with E-state index in [-0.39, 0.29) is 0 Å². The molecule has 0 fully saturated rings. The van der Waals surface area contributed by atoms with Gasteiger partial charge in [-0.2, -0.15) is 0 Å². The van der Waals surface area contributed by atoms with Crippen LogP contribution in [0.2, 0.25) is 0 Å². The average molecular weight is 266 g/mol. The highest BCUT2D eigenvalue weighted by Gasteiger charge is 2.10. The van der Waals surface area contributed by atoms with E-state index < -0.39 is 0 Å². The second-order valence-corrected chi connectivity index (χ2v) is 4.88. The van der Waals surface area contributed by atoms with Crippen molar-refractivity contribution in [1.82, 2.24) is 25.3 Å². The minimum Gasteiger partial charge on any atom is -0.364 e. The summed E-state index contributed by atoms with van der Waals surface area (Å²) in [6, 6.07) is 6.59. The van der Waals surface area contributed by atoms with Gasteiger partial charge < -0.3 is 15.6 Å². The zero-order valence-corrected chi connectivity index (χ0v) is 10.8. The molecule has 2 aromatic heterocycles. The minimum atomic E-state index is 0.681. The summed E-state index contributed by atoms with van der Waals surface area (Å²) in [4.78, 5) is 15.5. The van der Waals surface area contributed by atoms with Crippen LogP contribution in [-0.2, 0) is 19.6 Å². The van der Waals surface area contributed by atoms with E-state index in [1.807, 2.05) is 0 Å². The Morgan fingerprint density at radius 1 is 1.10 bits per heavy atom. The van der Waals surface area contributed by atoms with Crippen LogP contribution in [0.4, 0.5) is 5.82 Å². The third-order valence-electron chi connectivity index (χ3n) is 3.58. The van der Waals surface area contributed by atoms with E-state index in [2.05, 4.69) is 48.8 Å². The van der Waals surface area contributed by atoms with Gasteiger partial charge in [0.2, 0.25) is 0 Å². The lowest BCUT2D eigenvalue weighted by Crippen LogP contribution is -2.03. The maximum absolute atomic E-state index is 4.26. The Kier molecular flexibility index (Phi) is 2.60. The van der Waals surface area contributed by atoms with E-state index in [1.165, 1.54) is 23.0 Å². The third-order valence-corrected chi connectivity index (χ3v) is 3.58. The number of aromatic nitrogens is 4. The van der Waals surface area contributed by atoms with Crippen LogP contribution < -0.4 is 10.6 Å². The largest absolute Gasteiger partial charge is 0.364 e. The maximum Gasteiger partial charge on any atom is 0.182 e. The second-order valence-electron chi connectivity index (χ2n) is 4.88. The van der Waals surface area contributed by atoms with E-state index >= 15 is 0 Å². The number of nitrogens with zero attached hydrogens (tertiary/aromatic N) is 3. The highest BCUT2D eigenvalue weighted by Crippen LogP contribution is 2.19. The Morgan fingerprint density at radius 3 is 3.05 bits per heavy atom. The lowest BCUT2D eigenvalue weighted by atomic mass is 10.1. The van der Waals surface area contributed by atoms with Crippen LogP contribution in [0.25, 0.3) is 11.2 Å². The van der Waals surface area contributed by atoms with Crippen molar-refractivity contribution in [3.05, 3.63) is 47.5 Å². The molecule has 1 aliphatic heterocycles. The molecular weight excluding hydrogens is 252 g/mol. The van der Waals surface area contributed by atoms with Crippen LogP contribution in [-0.4, -0.2) is 19.9 Å². The number of anilines is 1. The van der Waals surface area contributed by atoms with E-state index in [1.54, 1.807) is 6.33 Å². The monoisotopic (exact) mass is 266 g/mol. The number of benzene rings is 1. The van der Waals surface area contributed by atoms with E-state index in [9.17, 15) is 0 Å². The van der Waals surface area contributed by atoms with Crippen LogP contribution in [0.5, 0.6) is 0 Å². The van der Waals surface area contributed by atoms with Crippen LogP contribution in [0.1, 0.15) is 16.7 Å². The predicted octanol–water partition coefficient (Wildman–Crippen LogP) is 1.57. The summed E-state index contributed by atoms with van der Waals surface area (Å²) >= 11 is 0. The molecule has 0 saturated heterocycles. The lowest BCUT2D eigenvalue weighted by Gasteiger charge is -2.07. The molecule has 1 aromatic carbocycles. The number of imidazole rings is 1. The van der Waals surface area contributed by atoms with Gasteiger partial charge in [0.05, 0.1) is 6.33 Å². The predicted molar refractivity (Wildman–Crippen MR) is 76.0 cm³/mol. The second kappa shape index (κ2) is 4.57. The molecule has 0 amide bonds. The van der Waals surface area contributed by atoms with Gasteiger partial charge in [0, 0.05) is 19.6 Å². The van der Waals surface area contributed by atoms with Crippen LogP contribution in [0.3, 0.4) is 0 Å². The van der Waals surface area contributed by atoms with Gasteiger partial charge in [0.25, 0.3) is 0 Å². The molecule has 0 bridgehead atoms. The smallest absolute Gasteiger partial charge is 0.182 e. The molecule has 4 rings (SSSR count). The zero-order valence-electron chi connectivity index (χ0n) is 10.8. The van der Waals surface area contributed by atoms with Crippen molar-refractivity contribution in [2.45, 2.75) is 19.6 Å². The number of fused-ring (bicyclic) bond motifs is 2. The Balaban J connectivity index is 1.57. The molecule has 0 radical (unpaired) electrons. The quantitative estimate of drug-likeness (QED) is 0.670. The fourth-order valence-corrected chi connectivity index (χ4v) is 2.54. The molecule has 3 aromatic rings. The van der Waals surface area contributed by atoms with Gasteiger partial charge in [-0.15, -0.1) is 0 Å². The summed E-state index contributed by atoms with van der Waals surface area (Å²) in [5.74, 6) is 0.783. The molecule has 0 atom stereocenters. The van der Waals surface area contributed by atoms with E-state index in [4.69, 9.17) is 0 Å². The van der Waals surface area contributed by atoms with Gasteiger partial charge in [0.15, 0.2) is 11.5 Å². The van der Waals surface area contributed by atoms with Gasteiger partial charge >= 0.3 is 0 Å². The van der Waals surface area contributed by atoms with E-state index in [0.717, 1.165) is 31.0 Å². The van der Waals surface area contributed by atoms with Crippen molar-refractivity contribution in [3.8, 4) is 0 Å². The summed E-state index contributed by atoms with van der Waals surface area (Å²) in [7, 11) is 0. The average Bonchev–Trinajstić information content (AvgIpc) is 3.13. The van der Waals surface area contributed by atoms with E-state index in [0.29, 0.717) is 5.65 Å². The van der Waals surface area contributed by atoms with Crippen molar-refractivity contribution in [3.63, 3.8) is 0 Å². The Morgan fingerprint density at radius 2 is 2.05 bits per heavy atom. The molecule has 0 spiro atoms. The molecule has 20 heavy (non-hydrogen) atoms. The molecule has 6 nitrogen and oxygen atoms in total. The van der Waals surface area contributed by atoms with Gasteiger partial charge in [-0.05, 0) is 16.7 Å². The minimum absolute atomic E-state index is 0.681. The highest BCUT2D eigenvalue weighted by atomic mass is 15.1. The first-order valence-corrected chi connectivity index (χ1v) is 6.59. The molecule has 6 heteroatoms.